The van der Waals surface area contributed by atoms with Crippen LogP contribution in [0, 0.1) is 0 Å². The summed E-state index contributed by atoms with van der Waals surface area (Å²) in [4.78, 5) is 32.4. The predicted molar refractivity (Wildman–Crippen MR) is 134 cm³/mol. The third-order valence-corrected chi connectivity index (χ3v) is 7.61. The fourth-order valence-corrected chi connectivity index (χ4v) is 5.46. The van der Waals surface area contributed by atoms with Gasteiger partial charge in [-0.25, -0.2) is 9.78 Å². The Balaban J connectivity index is 1.38. The highest BCUT2D eigenvalue weighted by molar-refractivity contribution is 7.10. The van der Waals surface area contributed by atoms with E-state index in [1.165, 1.54) is 11.3 Å². The number of thiophene rings is 1. The highest BCUT2D eigenvalue weighted by Crippen LogP contribution is 2.27. The van der Waals surface area contributed by atoms with Crippen LogP contribution in [0.15, 0.2) is 33.5 Å². The normalized spacial score (nSPS) is 20.1. The van der Waals surface area contributed by atoms with Gasteiger partial charge in [0.25, 0.3) is 0 Å². The average molecular weight is 493 g/mol. The van der Waals surface area contributed by atoms with Crippen LogP contribution in [0.25, 0.3) is 23.0 Å². The van der Waals surface area contributed by atoms with Gasteiger partial charge in [-0.1, -0.05) is 0 Å². The van der Waals surface area contributed by atoms with Crippen molar-refractivity contribution in [1.29, 1.82) is 0 Å². The Hall–Kier alpha value is -3.28. The van der Waals surface area contributed by atoms with Crippen LogP contribution in [0.1, 0.15) is 29.8 Å². The number of fused-ring (bicyclic) bond motifs is 1. The number of rotatable bonds is 6. The first-order chi connectivity index (χ1) is 16.9. The molecule has 0 amide bonds. The van der Waals surface area contributed by atoms with Gasteiger partial charge in [0.2, 0.25) is 5.88 Å². The Morgan fingerprint density at radius 2 is 2.14 bits per heavy atom. The van der Waals surface area contributed by atoms with E-state index in [0.717, 1.165) is 49.2 Å². The average Bonchev–Trinajstić information content (AvgIpc) is 3.18. The zero-order valence-electron chi connectivity index (χ0n) is 19.7. The van der Waals surface area contributed by atoms with E-state index >= 15 is 0 Å². The molecule has 1 atom stereocenters. The molecule has 0 spiro atoms. The van der Waals surface area contributed by atoms with Gasteiger partial charge in [0.1, 0.15) is 5.69 Å². The minimum atomic E-state index is -0.469. The number of aromatic hydroxyl groups is 1. The van der Waals surface area contributed by atoms with Crippen LogP contribution < -0.4 is 16.4 Å². The molecule has 1 saturated heterocycles. The van der Waals surface area contributed by atoms with E-state index in [1.807, 2.05) is 6.07 Å². The molecule has 0 radical (unpaired) electrons. The highest BCUT2D eigenvalue weighted by Gasteiger charge is 2.24. The Kier molecular flexibility index (Phi) is 5.54. The van der Waals surface area contributed by atoms with Gasteiger partial charge in [-0.15, -0.1) is 11.3 Å². The number of hydrogen-bond acceptors (Lipinski definition) is 8. The van der Waals surface area contributed by atoms with Crippen LogP contribution >= 0.6 is 11.3 Å². The standard InChI is InChI=1S/C24H28N8O2S/c1-30(2)17-5-6-31(11-17)12-18-7-15(13-35-18)19-9-21(26-16-3-4-16)32-22(27-19)14(10-25-32)8-20-23(33)29-24(34)28-20/h7-10,13,16-17,33H,3-6,11-12H2,1-2H3,(H2,28,29,34)/b14-8+,26-21?. The predicted octanol–water partition coefficient (Wildman–Crippen LogP) is 0.926. The lowest BCUT2D eigenvalue weighted by Crippen LogP contribution is -2.31. The van der Waals surface area contributed by atoms with Crippen molar-refractivity contribution < 1.29 is 5.11 Å². The summed E-state index contributed by atoms with van der Waals surface area (Å²) >= 11 is 1.76. The molecule has 2 fully saturated rings. The lowest BCUT2D eigenvalue weighted by Gasteiger charge is -2.19. The third-order valence-electron chi connectivity index (χ3n) is 6.68. The molecule has 3 N–H and O–H groups in total. The van der Waals surface area contributed by atoms with E-state index in [0.29, 0.717) is 22.9 Å². The maximum absolute atomic E-state index is 11.6. The zero-order valence-corrected chi connectivity index (χ0v) is 20.5. The fourth-order valence-electron chi connectivity index (χ4n) is 4.54. The van der Waals surface area contributed by atoms with Crippen molar-refractivity contribution in [3.63, 3.8) is 0 Å². The number of aromatic nitrogens is 5. The van der Waals surface area contributed by atoms with Crippen LogP contribution in [0.5, 0.6) is 5.88 Å². The van der Waals surface area contributed by atoms with Crippen molar-refractivity contribution in [3.05, 3.63) is 55.5 Å². The van der Waals surface area contributed by atoms with E-state index in [4.69, 9.17) is 9.98 Å². The van der Waals surface area contributed by atoms with Gasteiger partial charge in [0, 0.05) is 52.8 Å². The molecular weight excluding hydrogens is 464 g/mol. The second-order valence-electron chi connectivity index (χ2n) is 9.62. The fraction of sp³-hybridized carbons (Fsp3) is 0.417. The van der Waals surface area contributed by atoms with Gasteiger partial charge in [-0.3, -0.25) is 14.9 Å². The molecule has 6 rings (SSSR count). The van der Waals surface area contributed by atoms with E-state index in [2.05, 4.69) is 50.4 Å². The van der Waals surface area contributed by atoms with Gasteiger partial charge >= 0.3 is 5.69 Å². The van der Waals surface area contributed by atoms with E-state index < -0.39 is 5.69 Å². The first-order valence-electron chi connectivity index (χ1n) is 11.8. The first-order valence-corrected chi connectivity index (χ1v) is 12.7. The highest BCUT2D eigenvalue weighted by atomic mass is 32.1. The number of likely N-dealkylation sites (tertiary alicyclic amines) is 1. The van der Waals surface area contributed by atoms with E-state index in [9.17, 15) is 9.90 Å². The number of nitrogens with zero attached hydrogens (tertiary/aromatic N) is 6. The van der Waals surface area contributed by atoms with Crippen LogP contribution in [0.3, 0.4) is 0 Å². The molecule has 4 aromatic rings. The van der Waals surface area contributed by atoms with Crippen molar-refractivity contribution in [1.82, 2.24) is 34.4 Å². The molecule has 11 heteroatoms. The van der Waals surface area contributed by atoms with Crippen molar-refractivity contribution in [2.75, 3.05) is 27.2 Å². The molecule has 0 aromatic carbocycles. The lowest BCUT2D eigenvalue weighted by atomic mass is 10.2. The smallest absolute Gasteiger partial charge is 0.326 e. The number of imidazole rings is 1. The molecule has 1 unspecified atom stereocenters. The Bertz CT molecular complexity index is 1560. The van der Waals surface area contributed by atoms with Gasteiger partial charge in [-0.05, 0) is 45.5 Å². The molecule has 4 aromatic heterocycles. The summed E-state index contributed by atoms with van der Waals surface area (Å²) in [6.45, 7) is 3.16. The van der Waals surface area contributed by atoms with Crippen molar-refractivity contribution in [2.45, 2.75) is 37.9 Å². The summed E-state index contributed by atoms with van der Waals surface area (Å²) < 4.78 is 1.73. The molecule has 182 valence electrons. The molecule has 1 saturated carbocycles. The molecule has 1 aliphatic carbocycles. The second kappa shape index (κ2) is 8.74. The van der Waals surface area contributed by atoms with Gasteiger partial charge < -0.3 is 15.0 Å². The molecule has 35 heavy (non-hydrogen) atoms. The van der Waals surface area contributed by atoms with E-state index in [1.54, 1.807) is 28.1 Å². The van der Waals surface area contributed by atoms with Crippen LogP contribution in [0.4, 0.5) is 0 Å². The van der Waals surface area contributed by atoms with Gasteiger partial charge in [0.15, 0.2) is 11.1 Å². The number of H-pyrrole nitrogens is 2. The molecule has 2 aliphatic rings. The topological polar surface area (TPSA) is 118 Å². The van der Waals surface area contributed by atoms with Crippen LogP contribution in [-0.4, -0.2) is 78.7 Å². The summed E-state index contributed by atoms with van der Waals surface area (Å²) in [6.07, 6.45) is 6.73. The van der Waals surface area contributed by atoms with Crippen molar-refractivity contribution in [3.8, 4) is 17.1 Å². The Morgan fingerprint density at radius 1 is 1.29 bits per heavy atom. The third kappa shape index (κ3) is 4.54. The largest absolute Gasteiger partial charge is 0.493 e. The maximum Gasteiger partial charge on any atom is 0.326 e. The van der Waals surface area contributed by atoms with Crippen LogP contribution in [0.2, 0.25) is 0 Å². The minimum Gasteiger partial charge on any atom is -0.493 e. The first kappa shape index (κ1) is 22.2. The number of nitrogens with one attached hydrogen (secondary N) is 2. The molecule has 0 bridgehead atoms. The number of hydrogen-bond donors (Lipinski definition) is 3. The summed E-state index contributed by atoms with van der Waals surface area (Å²) in [5.41, 5.74) is 3.12. The quantitative estimate of drug-likeness (QED) is 0.369. The maximum atomic E-state index is 11.6. The SMILES string of the molecule is CN(C)C1CCN(Cc2cc(-c3cc(=NC4CC4)n4nc/c(=C\c5[nH]c(=O)[nH]c5O)c4n3)cs2)C1. The minimum absolute atomic E-state index is 0.214. The zero-order chi connectivity index (χ0) is 24.1. The summed E-state index contributed by atoms with van der Waals surface area (Å²) in [6, 6.07) is 5.17. The summed E-state index contributed by atoms with van der Waals surface area (Å²) in [5, 5.41) is 17.3. The molecule has 5 heterocycles. The van der Waals surface area contributed by atoms with Crippen LogP contribution in [-0.2, 0) is 6.54 Å². The van der Waals surface area contributed by atoms with Crippen molar-refractivity contribution in [2.24, 2.45) is 4.99 Å². The molecule has 10 nitrogen and oxygen atoms in total. The van der Waals surface area contributed by atoms with Gasteiger partial charge in [-0.2, -0.15) is 9.61 Å². The Morgan fingerprint density at radius 3 is 2.86 bits per heavy atom. The van der Waals surface area contributed by atoms with Gasteiger partial charge in [0.05, 0.1) is 17.9 Å². The molecular formula is C24H28N8O2S. The summed E-state index contributed by atoms with van der Waals surface area (Å²) in [7, 11) is 4.31. The Labute approximate surface area is 205 Å². The molecule has 1 aliphatic heterocycles. The van der Waals surface area contributed by atoms with E-state index in [-0.39, 0.29) is 11.6 Å². The second-order valence-corrected chi connectivity index (χ2v) is 10.6. The number of aromatic amines is 2. The summed E-state index contributed by atoms with van der Waals surface area (Å²) in [5.74, 6) is -0.214. The number of likely N-dealkylation sites (N-methyl/N-ethyl adjacent to an activating group) is 1. The van der Waals surface area contributed by atoms with Crippen molar-refractivity contribution >= 4 is 23.1 Å². The lowest BCUT2D eigenvalue weighted by molar-refractivity contribution is 0.266. The monoisotopic (exact) mass is 492 g/mol.